The number of thiocarbonyl (C=S) groups is 4. The van der Waals surface area contributed by atoms with E-state index in [-0.39, 0.29) is 0 Å². The number of morpholine rings is 1. The summed E-state index contributed by atoms with van der Waals surface area (Å²) in [6.45, 7) is 15.8. The average Bonchev–Trinajstić information content (AvgIpc) is 1.64. The van der Waals surface area contributed by atoms with E-state index in [1.165, 1.54) is 17.5 Å². The molecule has 19 rings (SSSR count). The zero-order valence-electron chi connectivity index (χ0n) is 72.4. The van der Waals surface area contributed by atoms with Gasteiger partial charge < -0.3 is 71.8 Å². The fourth-order valence-electron chi connectivity index (χ4n) is 16.3. The van der Waals surface area contributed by atoms with Gasteiger partial charge in [0.15, 0.2) is 0 Å². The minimum Gasteiger partial charge on any atom is -0.378 e. The summed E-state index contributed by atoms with van der Waals surface area (Å²) in [5.74, 6) is 3.59. The number of hydrogen-bond donors (Lipinski definition) is 8. The Balaban J connectivity index is 0.000000125. The summed E-state index contributed by atoms with van der Waals surface area (Å²) in [6.07, 6.45) is 22.0. The van der Waals surface area contributed by atoms with Crippen molar-refractivity contribution in [2.75, 3.05) is 148 Å². The number of benzene rings is 4. The molecule has 1 atom stereocenters. The molecule has 7 aliphatic heterocycles. The number of rotatable bonds is 18. The van der Waals surface area contributed by atoms with Crippen LogP contribution < -0.4 is 47.4 Å². The molecule has 0 aliphatic carbocycles. The molecule has 0 bridgehead atoms. The first kappa shape index (κ1) is 90.7. The Bertz CT molecular complexity index is 6160. The Morgan fingerprint density at radius 1 is 0.445 bits per heavy atom. The molecule has 7 aliphatic rings. The van der Waals surface area contributed by atoms with E-state index in [1.807, 2.05) is 149 Å². The van der Waals surface area contributed by atoms with Crippen molar-refractivity contribution in [2.45, 2.75) is 96.9 Å². The Morgan fingerprint density at radius 3 is 1.34 bits per heavy atom. The molecular weight excluding hydrogens is 1770 g/mol. The largest absolute Gasteiger partial charge is 0.378 e. The van der Waals surface area contributed by atoms with Crippen LogP contribution in [0, 0.1) is 20.8 Å². The molecule has 26 nitrogen and oxygen atoms in total. The third-order valence-electron chi connectivity index (χ3n) is 23.3. The molecule has 12 aromatic rings. The van der Waals surface area contributed by atoms with Crippen LogP contribution in [0.15, 0.2) is 153 Å². The summed E-state index contributed by atoms with van der Waals surface area (Å²) in [6, 6.07) is 35.9. The van der Waals surface area contributed by atoms with Crippen LogP contribution in [0.5, 0.6) is 0 Å². The minimum atomic E-state index is 0.503. The lowest BCUT2D eigenvalue weighted by Crippen LogP contribution is -2.36. The summed E-state index contributed by atoms with van der Waals surface area (Å²) < 4.78 is 5.40. The van der Waals surface area contributed by atoms with Crippen LogP contribution >= 0.6 is 95.3 Å². The van der Waals surface area contributed by atoms with Gasteiger partial charge in [0, 0.05) is 188 Å². The molecule has 34 heteroatoms. The second kappa shape index (κ2) is 41.4. The lowest BCUT2D eigenvalue weighted by molar-refractivity contribution is 0.122. The monoisotopic (exact) mass is 1860 g/mol. The first-order valence-electron chi connectivity index (χ1n) is 42.7. The topological polar surface area (TPSA) is 276 Å². The van der Waals surface area contributed by atoms with Crippen molar-refractivity contribution < 1.29 is 4.74 Å². The number of halogens is 4. The zero-order valence-corrected chi connectivity index (χ0v) is 78.7. The molecule has 0 spiro atoms. The van der Waals surface area contributed by atoms with Gasteiger partial charge in [0.25, 0.3) is 0 Å². The van der Waals surface area contributed by atoms with E-state index >= 15 is 0 Å². The van der Waals surface area contributed by atoms with E-state index in [0.717, 1.165) is 254 Å². The van der Waals surface area contributed by atoms with E-state index in [2.05, 4.69) is 155 Å². The molecule has 4 aromatic carbocycles. The highest BCUT2D eigenvalue weighted by Gasteiger charge is 2.29. The van der Waals surface area contributed by atoms with Crippen LogP contribution in [0.4, 0.5) is 75.1 Å². The highest BCUT2D eigenvalue weighted by Crippen LogP contribution is 2.42. The predicted octanol–water partition coefficient (Wildman–Crippen LogP) is 19.2. The number of hydrogen-bond acceptors (Lipinski definition) is 26. The van der Waals surface area contributed by atoms with Crippen LogP contribution in [0.25, 0.3) is 45.0 Å². The Kier molecular flexibility index (Phi) is 29.3. The minimum absolute atomic E-state index is 0.503. The molecule has 1 unspecified atom stereocenters. The molecule has 0 saturated carbocycles. The molecule has 8 aromatic heterocycles. The Morgan fingerprint density at radius 2 is 0.898 bits per heavy atom. The number of likely N-dealkylation sites (tertiary alicyclic amines) is 2. The van der Waals surface area contributed by atoms with Gasteiger partial charge in [0.2, 0.25) is 23.8 Å². The second-order valence-electron chi connectivity index (χ2n) is 33.2. The molecule has 8 N–H and O–H groups in total. The third-order valence-corrected chi connectivity index (χ3v) is 25.2. The highest BCUT2D eigenvalue weighted by atomic mass is 35.5. The fraction of sp³-hybridized carbons (Fsp3) is 0.319. The van der Waals surface area contributed by atoms with E-state index in [1.54, 1.807) is 6.20 Å². The predicted molar refractivity (Wildman–Crippen MR) is 536 cm³/mol. The number of fused-ring (bicyclic) bond motifs is 12. The van der Waals surface area contributed by atoms with E-state index < -0.39 is 0 Å². The maximum atomic E-state index is 6.22. The van der Waals surface area contributed by atoms with Gasteiger partial charge in [-0.3, -0.25) is 15.0 Å². The molecule has 15 heterocycles. The van der Waals surface area contributed by atoms with Gasteiger partial charge in [-0.15, -0.1) is 0 Å². The lowest BCUT2D eigenvalue weighted by atomic mass is 9.90. The third kappa shape index (κ3) is 22.9. The number of aromatic nitrogens is 12. The van der Waals surface area contributed by atoms with Crippen LogP contribution in [0.1, 0.15) is 87.8 Å². The maximum Gasteiger partial charge on any atom is 0.227 e. The van der Waals surface area contributed by atoms with Gasteiger partial charge in [0.05, 0.1) is 102 Å². The number of pyridine rings is 4. The van der Waals surface area contributed by atoms with Crippen LogP contribution in [-0.4, -0.2) is 206 Å². The van der Waals surface area contributed by atoms with Crippen LogP contribution in [0.3, 0.4) is 0 Å². The zero-order chi connectivity index (χ0) is 89.2. The Labute approximate surface area is 787 Å². The summed E-state index contributed by atoms with van der Waals surface area (Å²) in [7, 11) is 10.7. The molecular formula is C94H99Cl4N25OS4. The highest BCUT2D eigenvalue weighted by molar-refractivity contribution is 7.81. The number of nitrogens with one attached hydrogen (secondary N) is 8. The van der Waals surface area contributed by atoms with E-state index in [4.69, 9.17) is 125 Å². The van der Waals surface area contributed by atoms with Crippen molar-refractivity contribution in [3.05, 3.63) is 229 Å². The smallest absolute Gasteiger partial charge is 0.227 e. The molecule has 0 radical (unpaired) electrons. The summed E-state index contributed by atoms with van der Waals surface area (Å²) >= 11 is 46.7. The van der Waals surface area contributed by atoms with Crippen LogP contribution in [-0.2, 0) is 43.3 Å². The molecule has 3 fully saturated rings. The lowest BCUT2D eigenvalue weighted by Gasteiger charge is -2.29. The van der Waals surface area contributed by atoms with Gasteiger partial charge in [-0.2, -0.15) is 0 Å². The first-order valence-corrected chi connectivity index (χ1v) is 45.8. The second-order valence-corrected chi connectivity index (χ2v) is 36.9. The number of anilines is 13. The molecule has 3 saturated heterocycles. The SMILES string of the molecule is Cc1nc(CCCN(C)C)ccc1Nc1ncc2c(n1)-c1ccc(Cl)cc1NC(=S)C2.Cc1ncc(C2CCN(C)CC2)cc1Nc1ncc2c(n1)-c1ccc(Cl)cc1NC(=S)C2.Cc1ncc(CCN2CCC(N(C)C)C2)cc1Nc1ncc2c(n1)-c1ccc(Cl)cc1NC(=S)C2.S=C1Cc2cnc(Nc3ccc(N4CCOCC4)nc3)nc2-c2ccc(Cl)cc2N1. The van der Waals surface area contributed by atoms with Crippen molar-refractivity contribution in [2.24, 2.45) is 0 Å². The molecule has 658 valence electrons. The number of piperidine rings is 1. The summed E-state index contributed by atoms with van der Waals surface area (Å²) in [4.78, 5) is 70.6. The number of nitrogens with zero attached hydrogens (tertiary/aromatic N) is 17. The number of ether oxygens (including phenoxy) is 1. The van der Waals surface area contributed by atoms with Gasteiger partial charge in [-0.1, -0.05) is 95.3 Å². The van der Waals surface area contributed by atoms with Crippen LogP contribution in [0.2, 0.25) is 20.1 Å². The standard InChI is InChI=1S/C26H30ClN7S.C24H25ClN6S.C23H25ClN6S.C21H19ClN6OS/c1-16-22(10-17(13-28-16)6-8-34-9-7-20(15-34)33(2)3)31-26-29-14-18-11-24(35)30-23-12-19(27)4-5-21(23)25(18)32-26;1-14-20(9-16(12-26-14)15-5-7-31(2)8-6-15)29-24-27-13-17-10-22(32)28-21-11-18(25)3-4-19(21)23(17)30-24;1-14-19(9-7-17(26-14)5-4-10-30(2)3)28-23-25-13-15-11-21(31)27-20-12-16(24)6-8-18(20)22(15)29-23;22-14-1-3-16-17(10-14)26-19(30)9-13-11-24-21(27-20(13)16)25-15-2-4-18(23-12-15)28-5-7-29-8-6-28/h4-5,10,12-14,20H,6-9,11,15H2,1-3H3,(H,30,35)(H,29,31,32);3-4,9,11-13,15H,5-8,10H2,1-2H3,(H,28,32)(H,27,29,30);6-9,12-13H,4-5,10-11H2,1-3H3,(H,27,31)(H,25,28,29);1-4,10-12H,5-9H2,(H,26,30)(H,24,25,27). The van der Waals surface area contributed by atoms with Crippen molar-refractivity contribution >= 4 is 190 Å². The van der Waals surface area contributed by atoms with E-state index in [9.17, 15) is 0 Å². The van der Waals surface area contributed by atoms with Crippen molar-refractivity contribution in [3.63, 3.8) is 0 Å². The van der Waals surface area contributed by atoms with Gasteiger partial charge in [-0.25, -0.2) is 44.9 Å². The van der Waals surface area contributed by atoms with Gasteiger partial charge in [-0.05, 0) is 247 Å². The molecule has 128 heavy (non-hydrogen) atoms. The van der Waals surface area contributed by atoms with Crippen molar-refractivity contribution in [1.29, 1.82) is 0 Å². The number of aryl methyl sites for hydroxylation is 4. The van der Waals surface area contributed by atoms with Crippen molar-refractivity contribution in [3.8, 4) is 45.0 Å². The first-order chi connectivity index (χ1) is 61.8. The average molecular weight is 1870 g/mol. The quantitative estimate of drug-likeness (QED) is 0.0371. The summed E-state index contributed by atoms with van der Waals surface area (Å²) in [5, 5.41) is 29.1. The summed E-state index contributed by atoms with van der Waals surface area (Å²) in [5.41, 5.74) is 24.5. The van der Waals surface area contributed by atoms with E-state index in [0.29, 0.717) is 86.5 Å². The Hall–Kier alpha value is -10.7. The maximum absolute atomic E-state index is 6.22. The molecule has 0 amide bonds. The van der Waals surface area contributed by atoms with Gasteiger partial charge >= 0.3 is 0 Å². The number of likely N-dealkylation sites (N-methyl/N-ethyl adjacent to an activating group) is 1. The fourth-order valence-corrected chi connectivity index (χ4v) is 18.0. The van der Waals surface area contributed by atoms with Crippen molar-refractivity contribution in [1.82, 2.24) is 79.4 Å². The normalized spacial score (nSPS) is 15.7. The van der Waals surface area contributed by atoms with Gasteiger partial charge in [0.1, 0.15) is 5.82 Å².